The van der Waals surface area contributed by atoms with Crippen LogP contribution in [0.1, 0.15) is 16.8 Å². The molecule has 1 heterocycles. The molecule has 3 rings (SSSR count). The Labute approximate surface area is 133 Å². The van der Waals surface area contributed by atoms with Crippen molar-refractivity contribution in [2.24, 2.45) is 0 Å². The van der Waals surface area contributed by atoms with Gasteiger partial charge in [-0.2, -0.15) is 0 Å². The molecule has 0 saturated heterocycles. The number of rotatable bonds is 1. The van der Waals surface area contributed by atoms with Gasteiger partial charge < -0.3 is 10.2 Å². The van der Waals surface area contributed by atoms with Crippen molar-refractivity contribution in [3.8, 4) is 0 Å². The Kier molecular flexibility index (Phi) is 4.04. The van der Waals surface area contributed by atoms with Crippen LogP contribution in [0.15, 0.2) is 42.5 Å². The molecule has 0 unspecified atom stereocenters. The fraction of sp³-hybridized carbons (Fsp3) is 0.188. The highest BCUT2D eigenvalue weighted by molar-refractivity contribution is 6.36. The molecule has 5 heteroatoms. The molecule has 1 N–H and O–H groups in total. The Morgan fingerprint density at radius 2 is 1.95 bits per heavy atom. The number of hydrogen-bond acceptors (Lipinski definition) is 2. The van der Waals surface area contributed by atoms with Crippen molar-refractivity contribution in [3.05, 3.63) is 58.1 Å². The summed E-state index contributed by atoms with van der Waals surface area (Å²) in [7, 11) is 0. The predicted molar refractivity (Wildman–Crippen MR) is 87.7 cm³/mol. The molecule has 0 aliphatic carbocycles. The fourth-order valence-electron chi connectivity index (χ4n) is 2.46. The van der Waals surface area contributed by atoms with Crippen LogP contribution in [0.3, 0.4) is 0 Å². The van der Waals surface area contributed by atoms with Crippen LogP contribution >= 0.6 is 23.2 Å². The molecule has 1 amide bonds. The van der Waals surface area contributed by atoms with Gasteiger partial charge in [-0.05, 0) is 36.8 Å². The lowest BCUT2D eigenvalue weighted by molar-refractivity contribution is 0.0987. The van der Waals surface area contributed by atoms with E-state index in [2.05, 4.69) is 5.32 Å². The second-order valence-corrected chi connectivity index (χ2v) is 5.72. The summed E-state index contributed by atoms with van der Waals surface area (Å²) in [6.07, 6.45) is 0.874. The molecule has 21 heavy (non-hydrogen) atoms. The zero-order valence-electron chi connectivity index (χ0n) is 11.3. The zero-order chi connectivity index (χ0) is 14.8. The lowest BCUT2D eigenvalue weighted by atomic mass is 10.1. The highest BCUT2D eigenvalue weighted by Crippen LogP contribution is 2.31. The standard InChI is InChI=1S/C16H14Cl2N2O/c17-11-6-7-13(18)12(10-11)16(21)20-9-3-8-19-14-4-1-2-5-15(14)20/h1-2,4-7,10,19H,3,8-9H2. The number of carbonyl (C=O) groups excluding carboxylic acids is 1. The van der Waals surface area contributed by atoms with E-state index in [1.54, 1.807) is 23.1 Å². The summed E-state index contributed by atoms with van der Waals surface area (Å²) in [5.74, 6) is -0.126. The highest BCUT2D eigenvalue weighted by atomic mass is 35.5. The van der Waals surface area contributed by atoms with Crippen LogP contribution < -0.4 is 10.2 Å². The van der Waals surface area contributed by atoms with E-state index in [0.29, 0.717) is 22.2 Å². The molecule has 0 spiro atoms. The number of halogens is 2. The lowest BCUT2D eigenvalue weighted by Gasteiger charge is -2.23. The molecule has 0 radical (unpaired) electrons. The third kappa shape index (κ3) is 2.85. The van der Waals surface area contributed by atoms with Crippen molar-refractivity contribution < 1.29 is 4.79 Å². The number of para-hydroxylation sites is 2. The van der Waals surface area contributed by atoms with Crippen molar-refractivity contribution in [2.45, 2.75) is 6.42 Å². The van der Waals surface area contributed by atoms with Crippen LogP contribution in [-0.2, 0) is 0 Å². The van der Waals surface area contributed by atoms with Gasteiger partial charge in [0.2, 0.25) is 0 Å². The van der Waals surface area contributed by atoms with E-state index in [1.165, 1.54) is 0 Å². The van der Waals surface area contributed by atoms with E-state index in [4.69, 9.17) is 23.2 Å². The molecule has 0 fully saturated rings. The first-order valence-electron chi connectivity index (χ1n) is 6.76. The van der Waals surface area contributed by atoms with E-state index in [0.717, 1.165) is 24.3 Å². The van der Waals surface area contributed by atoms with Gasteiger partial charge in [-0.25, -0.2) is 0 Å². The number of anilines is 2. The molecule has 0 atom stereocenters. The maximum atomic E-state index is 12.8. The highest BCUT2D eigenvalue weighted by Gasteiger charge is 2.23. The van der Waals surface area contributed by atoms with Crippen molar-refractivity contribution in [2.75, 3.05) is 23.3 Å². The Morgan fingerprint density at radius 1 is 1.14 bits per heavy atom. The molecular weight excluding hydrogens is 307 g/mol. The summed E-state index contributed by atoms with van der Waals surface area (Å²) in [4.78, 5) is 14.6. The second kappa shape index (κ2) is 5.96. The van der Waals surface area contributed by atoms with E-state index in [1.807, 2.05) is 24.3 Å². The fourth-order valence-corrected chi connectivity index (χ4v) is 2.83. The average Bonchev–Trinajstić information content (AvgIpc) is 2.71. The molecule has 0 saturated carbocycles. The van der Waals surface area contributed by atoms with Crippen LogP contribution in [0.25, 0.3) is 0 Å². The maximum absolute atomic E-state index is 12.8. The molecule has 1 aliphatic rings. The topological polar surface area (TPSA) is 32.3 Å². The molecule has 2 aromatic carbocycles. The molecule has 0 aromatic heterocycles. The minimum atomic E-state index is -0.126. The van der Waals surface area contributed by atoms with Crippen LogP contribution in [0.2, 0.25) is 10.0 Å². The summed E-state index contributed by atoms with van der Waals surface area (Å²) in [6, 6.07) is 12.7. The van der Waals surface area contributed by atoms with Gasteiger partial charge in [-0.15, -0.1) is 0 Å². The first-order valence-corrected chi connectivity index (χ1v) is 7.52. The van der Waals surface area contributed by atoms with Gasteiger partial charge in [0.1, 0.15) is 0 Å². The number of benzene rings is 2. The van der Waals surface area contributed by atoms with Crippen LogP contribution in [0, 0.1) is 0 Å². The number of carbonyl (C=O) groups is 1. The molecule has 0 bridgehead atoms. The maximum Gasteiger partial charge on any atom is 0.259 e. The van der Waals surface area contributed by atoms with Crippen LogP contribution in [-0.4, -0.2) is 19.0 Å². The van der Waals surface area contributed by atoms with Crippen molar-refractivity contribution in [3.63, 3.8) is 0 Å². The first kappa shape index (κ1) is 14.2. The van der Waals surface area contributed by atoms with Crippen molar-refractivity contribution >= 4 is 40.5 Å². The van der Waals surface area contributed by atoms with Gasteiger partial charge in [-0.3, -0.25) is 4.79 Å². The van der Waals surface area contributed by atoms with E-state index >= 15 is 0 Å². The third-order valence-electron chi connectivity index (χ3n) is 3.47. The van der Waals surface area contributed by atoms with Gasteiger partial charge in [0, 0.05) is 18.1 Å². The van der Waals surface area contributed by atoms with Crippen molar-refractivity contribution in [1.29, 1.82) is 0 Å². The molecule has 108 valence electrons. The summed E-state index contributed by atoms with van der Waals surface area (Å²) >= 11 is 12.1. The average molecular weight is 321 g/mol. The zero-order valence-corrected chi connectivity index (χ0v) is 12.8. The Balaban J connectivity index is 2.03. The van der Waals surface area contributed by atoms with E-state index in [-0.39, 0.29) is 5.91 Å². The second-order valence-electron chi connectivity index (χ2n) is 4.88. The predicted octanol–water partition coefficient (Wildman–Crippen LogP) is 4.46. The van der Waals surface area contributed by atoms with Crippen molar-refractivity contribution in [1.82, 2.24) is 0 Å². The van der Waals surface area contributed by atoms with E-state index < -0.39 is 0 Å². The minimum absolute atomic E-state index is 0.126. The van der Waals surface area contributed by atoms with Gasteiger partial charge in [0.25, 0.3) is 5.91 Å². The minimum Gasteiger partial charge on any atom is -0.383 e. The molecule has 1 aliphatic heterocycles. The summed E-state index contributed by atoms with van der Waals surface area (Å²) in [6.45, 7) is 1.48. The smallest absolute Gasteiger partial charge is 0.259 e. The number of nitrogens with one attached hydrogen (secondary N) is 1. The number of amides is 1. The third-order valence-corrected chi connectivity index (χ3v) is 4.04. The van der Waals surface area contributed by atoms with Gasteiger partial charge in [0.05, 0.1) is 22.0 Å². The molecule has 2 aromatic rings. The Bertz CT molecular complexity index is 688. The summed E-state index contributed by atoms with van der Waals surface area (Å²) in [5.41, 5.74) is 2.26. The number of hydrogen-bond donors (Lipinski definition) is 1. The largest absolute Gasteiger partial charge is 0.383 e. The molecule has 3 nitrogen and oxygen atoms in total. The first-order chi connectivity index (χ1) is 10.2. The Morgan fingerprint density at radius 3 is 2.81 bits per heavy atom. The number of nitrogens with zero attached hydrogens (tertiary/aromatic N) is 1. The quantitative estimate of drug-likeness (QED) is 0.841. The summed E-state index contributed by atoms with van der Waals surface area (Å²) in [5, 5.41) is 4.25. The van der Waals surface area contributed by atoms with Crippen LogP contribution in [0.4, 0.5) is 11.4 Å². The normalized spacial score (nSPS) is 14.1. The van der Waals surface area contributed by atoms with Gasteiger partial charge in [-0.1, -0.05) is 35.3 Å². The van der Waals surface area contributed by atoms with Gasteiger partial charge in [0.15, 0.2) is 0 Å². The van der Waals surface area contributed by atoms with Crippen LogP contribution in [0.5, 0.6) is 0 Å². The lowest BCUT2D eigenvalue weighted by Crippen LogP contribution is -2.31. The Hall–Kier alpha value is -1.71. The monoisotopic (exact) mass is 320 g/mol. The number of fused-ring (bicyclic) bond motifs is 1. The SMILES string of the molecule is O=C(c1cc(Cl)ccc1Cl)N1CCCNc2ccccc21. The van der Waals surface area contributed by atoms with Gasteiger partial charge >= 0.3 is 0 Å². The molecular formula is C16H14Cl2N2O. The van der Waals surface area contributed by atoms with E-state index in [9.17, 15) is 4.79 Å². The summed E-state index contributed by atoms with van der Waals surface area (Å²) < 4.78 is 0.